The average molecular weight is 236 g/mol. The number of hydrogen-bond acceptors (Lipinski definition) is 3. The molecule has 0 aromatic heterocycles. The first kappa shape index (κ1) is 13.6. The number of aliphatic hydroxyl groups excluding tert-OH is 1. The molecule has 0 radical (unpaired) electrons. The highest BCUT2D eigenvalue weighted by Gasteiger charge is 2.18. The smallest absolute Gasteiger partial charge is 0.128 e. The van der Waals surface area contributed by atoms with Gasteiger partial charge in [0.2, 0.25) is 0 Å². The summed E-state index contributed by atoms with van der Waals surface area (Å²) in [5.74, 6) is 1.30. The van der Waals surface area contributed by atoms with Crippen molar-refractivity contribution >= 4 is 0 Å². The summed E-state index contributed by atoms with van der Waals surface area (Å²) in [5, 5.41) is 10.2. The predicted molar refractivity (Wildman–Crippen MR) is 68.6 cm³/mol. The third kappa shape index (κ3) is 3.49. The highest BCUT2D eigenvalue weighted by molar-refractivity contribution is 5.46. The maximum Gasteiger partial charge on any atom is 0.128 e. The Hall–Kier alpha value is -1.48. The van der Waals surface area contributed by atoms with E-state index in [4.69, 9.17) is 9.47 Å². The van der Waals surface area contributed by atoms with Gasteiger partial charge in [0.05, 0.1) is 25.9 Å². The fraction of sp³-hybridized carbons (Fsp3) is 0.429. The van der Waals surface area contributed by atoms with Crippen LogP contribution in [0.1, 0.15) is 31.4 Å². The highest BCUT2D eigenvalue weighted by atomic mass is 16.5. The Morgan fingerprint density at radius 2 is 1.82 bits per heavy atom. The number of rotatable bonds is 6. The predicted octanol–water partition coefficient (Wildman–Crippen LogP) is 3.09. The summed E-state index contributed by atoms with van der Waals surface area (Å²) >= 11 is 0. The lowest BCUT2D eigenvalue weighted by atomic mass is 10.0. The third-order valence-corrected chi connectivity index (χ3v) is 2.64. The molecule has 1 aromatic rings. The van der Waals surface area contributed by atoms with Gasteiger partial charge in [-0.3, -0.25) is 0 Å². The molecule has 1 rings (SSSR count). The van der Waals surface area contributed by atoms with Crippen LogP contribution < -0.4 is 9.47 Å². The lowest BCUT2D eigenvalue weighted by Gasteiger charge is -2.18. The Morgan fingerprint density at radius 1 is 1.29 bits per heavy atom. The van der Waals surface area contributed by atoms with Crippen molar-refractivity contribution in [2.24, 2.45) is 0 Å². The van der Waals surface area contributed by atoms with E-state index in [-0.39, 0.29) is 0 Å². The second-order valence-corrected chi connectivity index (χ2v) is 4.09. The van der Waals surface area contributed by atoms with Crippen molar-refractivity contribution in [3.05, 3.63) is 35.9 Å². The Labute approximate surface area is 103 Å². The zero-order chi connectivity index (χ0) is 12.8. The first-order valence-corrected chi connectivity index (χ1v) is 5.63. The molecule has 17 heavy (non-hydrogen) atoms. The Balaban J connectivity index is 2.96. The van der Waals surface area contributed by atoms with E-state index in [2.05, 4.69) is 6.58 Å². The molecule has 0 saturated carbocycles. The second-order valence-electron chi connectivity index (χ2n) is 4.09. The van der Waals surface area contributed by atoms with Crippen LogP contribution in [0.25, 0.3) is 0 Å². The minimum atomic E-state index is -0.599. The molecule has 0 aliphatic carbocycles. The van der Waals surface area contributed by atoms with Crippen LogP contribution in [0.4, 0.5) is 0 Å². The van der Waals surface area contributed by atoms with Crippen molar-refractivity contribution in [3.8, 4) is 11.5 Å². The number of methoxy groups -OCH3 is 2. The van der Waals surface area contributed by atoms with E-state index < -0.39 is 6.10 Å². The SMILES string of the molecule is C=C(C)CCC(O)c1c(OC)cccc1OC. The average Bonchev–Trinajstić information content (AvgIpc) is 2.34. The molecule has 0 amide bonds. The van der Waals surface area contributed by atoms with Crippen LogP contribution >= 0.6 is 0 Å². The van der Waals surface area contributed by atoms with Crippen molar-refractivity contribution in [3.63, 3.8) is 0 Å². The first-order valence-electron chi connectivity index (χ1n) is 5.63. The number of ether oxygens (including phenoxy) is 2. The summed E-state index contributed by atoms with van der Waals surface area (Å²) in [6, 6.07) is 5.48. The Kier molecular flexibility index (Phi) is 5.04. The number of aliphatic hydroxyl groups is 1. The summed E-state index contributed by atoms with van der Waals surface area (Å²) in [7, 11) is 3.17. The molecule has 0 bridgehead atoms. The molecule has 1 unspecified atom stereocenters. The topological polar surface area (TPSA) is 38.7 Å². The van der Waals surface area contributed by atoms with Gasteiger partial charge in [0.1, 0.15) is 11.5 Å². The second kappa shape index (κ2) is 6.30. The van der Waals surface area contributed by atoms with Crippen LogP contribution in [0.15, 0.2) is 30.4 Å². The molecular weight excluding hydrogens is 216 g/mol. The Bertz CT molecular complexity index is 363. The van der Waals surface area contributed by atoms with Crippen LogP contribution in [-0.4, -0.2) is 19.3 Å². The molecule has 0 heterocycles. The van der Waals surface area contributed by atoms with Gasteiger partial charge in [0.25, 0.3) is 0 Å². The third-order valence-electron chi connectivity index (χ3n) is 2.64. The van der Waals surface area contributed by atoms with Crippen molar-refractivity contribution in [1.82, 2.24) is 0 Å². The van der Waals surface area contributed by atoms with Gasteiger partial charge in [-0.15, -0.1) is 6.58 Å². The van der Waals surface area contributed by atoms with E-state index in [1.54, 1.807) is 14.2 Å². The van der Waals surface area contributed by atoms with Gasteiger partial charge in [-0.25, -0.2) is 0 Å². The van der Waals surface area contributed by atoms with Crippen molar-refractivity contribution in [1.29, 1.82) is 0 Å². The fourth-order valence-corrected chi connectivity index (χ4v) is 1.74. The Morgan fingerprint density at radius 3 is 2.24 bits per heavy atom. The zero-order valence-corrected chi connectivity index (χ0v) is 10.7. The minimum Gasteiger partial charge on any atom is -0.496 e. The summed E-state index contributed by atoms with van der Waals surface area (Å²) in [6.07, 6.45) is 0.798. The molecule has 3 nitrogen and oxygen atoms in total. The normalized spacial score (nSPS) is 12.0. The standard InChI is InChI=1S/C14H20O3/c1-10(2)8-9-11(15)14-12(16-3)6-5-7-13(14)17-4/h5-7,11,15H,1,8-9H2,2-4H3. The molecule has 1 atom stereocenters. The molecule has 0 aliphatic heterocycles. The summed E-state index contributed by atoms with van der Waals surface area (Å²) < 4.78 is 10.5. The zero-order valence-electron chi connectivity index (χ0n) is 10.7. The van der Waals surface area contributed by atoms with E-state index in [9.17, 15) is 5.11 Å². The quantitative estimate of drug-likeness (QED) is 0.771. The summed E-state index contributed by atoms with van der Waals surface area (Å²) in [6.45, 7) is 5.78. The van der Waals surface area contributed by atoms with Crippen LogP contribution in [0, 0.1) is 0 Å². The summed E-state index contributed by atoms with van der Waals surface area (Å²) in [5.41, 5.74) is 1.76. The molecular formula is C14H20O3. The monoisotopic (exact) mass is 236 g/mol. The summed E-state index contributed by atoms with van der Waals surface area (Å²) in [4.78, 5) is 0. The van der Waals surface area contributed by atoms with E-state index in [0.29, 0.717) is 23.5 Å². The maximum atomic E-state index is 10.2. The van der Waals surface area contributed by atoms with Crippen LogP contribution in [0.3, 0.4) is 0 Å². The minimum absolute atomic E-state index is 0.599. The van der Waals surface area contributed by atoms with E-state index in [0.717, 1.165) is 12.0 Å². The molecule has 1 N–H and O–H groups in total. The van der Waals surface area contributed by atoms with Gasteiger partial charge in [-0.05, 0) is 31.9 Å². The lowest BCUT2D eigenvalue weighted by Crippen LogP contribution is -2.03. The molecule has 0 fully saturated rings. The molecule has 1 aromatic carbocycles. The number of benzene rings is 1. The van der Waals surface area contributed by atoms with Gasteiger partial charge in [0.15, 0.2) is 0 Å². The molecule has 0 aliphatic rings. The first-order chi connectivity index (χ1) is 8.10. The molecule has 0 spiro atoms. The van der Waals surface area contributed by atoms with Crippen LogP contribution in [-0.2, 0) is 0 Å². The number of hydrogen-bond donors (Lipinski definition) is 1. The largest absolute Gasteiger partial charge is 0.496 e. The van der Waals surface area contributed by atoms with Crippen LogP contribution in [0.2, 0.25) is 0 Å². The fourth-order valence-electron chi connectivity index (χ4n) is 1.74. The van der Waals surface area contributed by atoms with E-state index in [1.165, 1.54) is 0 Å². The van der Waals surface area contributed by atoms with Gasteiger partial charge in [-0.1, -0.05) is 11.6 Å². The van der Waals surface area contributed by atoms with Gasteiger partial charge in [0, 0.05) is 0 Å². The van der Waals surface area contributed by atoms with Crippen molar-refractivity contribution in [2.45, 2.75) is 25.9 Å². The lowest BCUT2D eigenvalue weighted by molar-refractivity contribution is 0.159. The van der Waals surface area contributed by atoms with Gasteiger partial charge in [-0.2, -0.15) is 0 Å². The molecule has 94 valence electrons. The van der Waals surface area contributed by atoms with E-state index in [1.807, 2.05) is 25.1 Å². The van der Waals surface area contributed by atoms with Crippen molar-refractivity contribution in [2.75, 3.05) is 14.2 Å². The highest BCUT2D eigenvalue weighted by Crippen LogP contribution is 2.36. The molecule has 0 saturated heterocycles. The number of allylic oxidation sites excluding steroid dienone is 1. The van der Waals surface area contributed by atoms with E-state index >= 15 is 0 Å². The molecule has 3 heteroatoms. The maximum absolute atomic E-state index is 10.2. The van der Waals surface area contributed by atoms with Crippen molar-refractivity contribution < 1.29 is 14.6 Å². The van der Waals surface area contributed by atoms with Gasteiger partial charge >= 0.3 is 0 Å². The van der Waals surface area contributed by atoms with Crippen LogP contribution in [0.5, 0.6) is 11.5 Å². The van der Waals surface area contributed by atoms with Gasteiger partial charge < -0.3 is 14.6 Å².